The van der Waals surface area contributed by atoms with Gasteiger partial charge in [-0.25, -0.2) is 0 Å². The minimum atomic E-state index is -0.102. The van der Waals surface area contributed by atoms with Crippen LogP contribution in [0.4, 0.5) is 5.69 Å². The summed E-state index contributed by atoms with van der Waals surface area (Å²) < 4.78 is 8.57. The first-order chi connectivity index (χ1) is 8.15. The van der Waals surface area contributed by atoms with E-state index < -0.39 is 0 Å². The van der Waals surface area contributed by atoms with Gasteiger partial charge in [-0.3, -0.25) is 9.52 Å². The largest absolute Gasteiger partial charge is 0.482 e. The zero-order chi connectivity index (χ0) is 12.3. The molecule has 92 valence electrons. The Labute approximate surface area is 105 Å². The van der Waals surface area contributed by atoms with Crippen molar-refractivity contribution in [1.82, 2.24) is 4.72 Å². The van der Waals surface area contributed by atoms with Crippen LogP contribution in [0.15, 0.2) is 23.1 Å². The molecule has 0 atom stereocenters. The van der Waals surface area contributed by atoms with E-state index in [1.807, 2.05) is 18.2 Å². The van der Waals surface area contributed by atoms with Crippen molar-refractivity contribution < 1.29 is 9.53 Å². The molecule has 0 spiro atoms. The summed E-state index contributed by atoms with van der Waals surface area (Å²) in [5, 5.41) is 2.79. The molecular formula is C12H16N2O2S. The Morgan fingerprint density at radius 1 is 1.53 bits per heavy atom. The topological polar surface area (TPSA) is 50.4 Å². The summed E-state index contributed by atoms with van der Waals surface area (Å²) in [6.45, 7) is 5.37. The van der Waals surface area contributed by atoms with Crippen molar-refractivity contribution in [3.63, 3.8) is 0 Å². The van der Waals surface area contributed by atoms with Gasteiger partial charge in [-0.15, -0.1) is 0 Å². The smallest absolute Gasteiger partial charge is 0.262 e. The van der Waals surface area contributed by atoms with Gasteiger partial charge in [0.15, 0.2) is 6.61 Å². The first-order valence-corrected chi connectivity index (χ1v) is 6.43. The van der Waals surface area contributed by atoms with Crippen molar-refractivity contribution in [1.29, 1.82) is 0 Å². The van der Waals surface area contributed by atoms with Crippen LogP contribution in [0.2, 0.25) is 0 Å². The van der Waals surface area contributed by atoms with Crippen molar-refractivity contribution in [3.05, 3.63) is 18.2 Å². The normalized spacial score (nSPS) is 14.2. The number of nitrogens with one attached hydrogen (secondary N) is 2. The number of amides is 1. The lowest BCUT2D eigenvalue weighted by atomic mass is 10.2. The summed E-state index contributed by atoms with van der Waals surface area (Å²) in [6, 6.07) is 5.78. The minimum absolute atomic E-state index is 0.102. The molecule has 0 saturated heterocycles. The molecular weight excluding hydrogens is 236 g/mol. The molecule has 2 rings (SSSR count). The van der Waals surface area contributed by atoms with E-state index in [0.29, 0.717) is 5.92 Å². The third-order valence-electron chi connectivity index (χ3n) is 2.27. The highest BCUT2D eigenvalue weighted by Crippen LogP contribution is 2.31. The molecule has 0 saturated carbocycles. The molecule has 5 heteroatoms. The van der Waals surface area contributed by atoms with Crippen LogP contribution in [0, 0.1) is 5.92 Å². The fourth-order valence-electron chi connectivity index (χ4n) is 1.42. The van der Waals surface area contributed by atoms with Crippen molar-refractivity contribution >= 4 is 23.5 Å². The van der Waals surface area contributed by atoms with Crippen LogP contribution in [0.5, 0.6) is 5.75 Å². The lowest BCUT2D eigenvalue weighted by Gasteiger charge is -2.18. The average molecular weight is 252 g/mol. The second kappa shape index (κ2) is 5.42. The Morgan fingerprint density at radius 3 is 3.12 bits per heavy atom. The Kier molecular flexibility index (Phi) is 3.91. The summed E-state index contributed by atoms with van der Waals surface area (Å²) in [5.41, 5.74) is 0.748. The van der Waals surface area contributed by atoms with Crippen molar-refractivity contribution in [2.75, 3.05) is 18.5 Å². The van der Waals surface area contributed by atoms with E-state index in [9.17, 15) is 4.79 Å². The molecule has 1 aromatic carbocycles. The first-order valence-electron chi connectivity index (χ1n) is 5.61. The summed E-state index contributed by atoms with van der Waals surface area (Å²) in [7, 11) is 0. The van der Waals surface area contributed by atoms with Gasteiger partial charge in [-0.2, -0.15) is 0 Å². The number of ether oxygens (including phenoxy) is 1. The molecule has 0 aliphatic carbocycles. The molecule has 0 aromatic heterocycles. The second-order valence-corrected chi connectivity index (χ2v) is 5.30. The van der Waals surface area contributed by atoms with Gasteiger partial charge in [0, 0.05) is 11.4 Å². The highest BCUT2D eigenvalue weighted by Gasteiger charge is 2.15. The number of hydrogen-bond acceptors (Lipinski definition) is 4. The van der Waals surface area contributed by atoms with Crippen LogP contribution in [-0.2, 0) is 4.79 Å². The molecule has 0 bridgehead atoms. The predicted octanol–water partition coefficient (Wildman–Crippen LogP) is 2.27. The van der Waals surface area contributed by atoms with Crippen LogP contribution in [0.3, 0.4) is 0 Å². The molecule has 1 aromatic rings. The maximum Gasteiger partial charge on any atom is 0.262 e. The van der Waals surface area contributed by atoms with E-state index in [1.54, 1.807) is 11.9 Å². The second-order valence-electron chi connectivity index (χ2n) is 4.34. The van der Waals surface area contributed by atoms with Gasteiger partial charge in [-0.05, 0) is 36.1 Å². The quantitative estimate of drug-likeness (QED) is 0.807. The molecule has 1 aliphatic rings. The molecule has 2 N–H and O–H groups in total. The zero-order valence-electron chi connectivity index (χ0n) is 9.95. The van der Waals surface area contributed by atoms with Crippen LogP contribution >= 0.6 is 11.9 Å². The van der Waals surface area contributed by atoms with Gasteiger partial charge in [0.1, 0.15) is 5.75 Å². The first kappa shape index (κ1) is 12.3. The van der Waals surface area contributed by atoms with Gasteiger partial charge in [-0.1, -0.05) is 13.8 Å². The molecule has 0 radical (unpaired) electrons. The number of rotatable bonds is 4. The maximum atomic E-state index is 11.2. The standard InChI is InChI=1S/C12H16N2O2S/c1-8(2)6-13-17-9-3-4-11-10(5-9)14-12(15)7-16-11/h3-5,8,13H,6-7H2,1-2H3,(H,14,15). The van der Waals surface area contributed by atoms with E-state index in [1.165, 1.54) is 0 Å². The monoisotopic (exact) mass is 252 g/mol. The molecule has 1 aliphatic heterocycles. The fraction of sp³-hybridized carbons (Fsp3) is 0.417. The molecule has 0 unspecified atom stereocenters. The molecule has 1 heterocycles. The van der Waals surface area contributed by atoms with E-state index in [-0.39, 0.29) is 12.5 Å². The van der Waals surface area contributed by atoms with Crippen molar-refractivity contribution in [3.8, 4) is 5.75 Å². The molecule has 4 nitrogen and oxygen atoms in total. The highest BCUT2D eigenvalue weighted by molar-refractivity contribution is 7.97. The third-order valence-corrected chi connectivity index (χ3v) is 3.07. The minimum Gasteiger partial charge on any atom is -0.482 e. The van der Waals surface area contributed by atoms with E-state index in [4.69, 9.17) is 4.74 Å². The van der Waals surface area contributed by atoms with Gasteiger partial charge in [0.05, 0.1) is 5.69 Å². The number of carbonyl (C=O) groups excluding carboxylic acids is 1. The third kappa shape index (κ3) is 3.38. The lowest BCUT2D eigenvalue weighted by molar-refractivity contribution is -0.118. The van der Waals surface area contributed by atoms with Crippen LogP contribution in [0.1, 0.15) is 13.8 Å². The van der Waals surface area contributed by atoms with Crippen LogP contribution in [0.25, 0.3) is 0 Å². The summed E-state index contributed by atoms with van der Waals surface area (Å²) >= 11 is 1.57. The summed E-state index contributed by atoms with van der Waals surface area (Å²) in [6.07, 6.45) is 0. The Morgan fingerprint density at radius 2 is 2.35 bits per heavy atom. The Bertz CT molecular complexity index is 421. The molecule has 17 heavy (non-hydrogen) atoms. The van der Waals surface area contributed by atoms with Crippen LogP contribution in [-0.4, -0.2) is 19.1 Å². The summed E-state index contributed by atoms with van der Waals surface area (Å²) in [4.78, 5) is 12.2. The fourth-order valence-corrected chi connectivity index (χ4v) is 2.31. The predicted molar refractivity (Wildman–Crippen MR) is 69.3 cm³/mol. The number of benzene rings is 1. The number of fused-ring (bicyclic) bond motifs is 1. The lowest BCUT2D eigenvalue weighted by Crippen LogP contribution is -2.25. The average Bonchev–Trinajstić information content (AvgIpc) is 2.28. The number of carbonyl (C=O) groups is 1. The van der Waals surface area contributed by atoms with Gasteiger partial charge in [0.25, 0.3) is 5.91 Å². The van der Waals surface area contributed by atoms with Crippen molar-refractivity contribution in [2.24, 2.45) is 5.92 Å². The Balaban J connectivity index is 2.00. The van der Waals surface area contributed by atoms with Gasteiger partial charge in [0.2, 0.25) is 0 Å². The highest BCUT2D eigenvalue weighted by atomic mass is 32.2. The maximum absolute atomic E-state index is 11.2. The van der Waals surface area contributed by atoms with E-state index >= 15 is 0 Å². The van der Waals surface area contributed by atoms with Gasteiger partial charge >= 0.3 is 0 Å². The van der Waals surface area contributed by atoms with E-state index in [2.05, 4.69) is 23.9 Å². The Hall–Kier alpha value is -1.20. The molecule has 1 amide bonds. The van der Waals surface area contributed by atoms with E-state index in [0.717, 1.165) is 22.9 Å². The SMILES string of the molecule is CC(C)CNSc1ccc2c(c1)NC(=O)CO2. The van der Waals surface area contributed by atoms with Crippen LogP contribution < -0.4 is 14.8 Å². The zero-order valence-corrected chi connectivity index (χ0v) is 10.8. The summed E-state index contributed by atoms with van der Waals surface area (Å²) in [5.74, 6) is 1.25. The number of hydrogen-bond donors (Lipinski definition) is 2. The number of anilines is 1. The molecule has 0 fully saturated rings. The van der Waals surface area contributed by atoms with Crippen molar-refractivity contribution in [2.45, 2.75) is 18.7 Å². The van der Waals surface area contributed by atoms with Gasteiger partial charge < -0.3 is 10.1 Å².